The van der Waals surface area contributed by atoms with E-state index in [1.807, 2.05) is 0 Å². The third-order valence-electron chi connectivity index (χ3n) is 2.27. The summed E-state index contributed by atoms with van der Waals surface area (Å²) in [5.41, 5.74) is 0.372. The molecule has 0 fully saturated rings. The predicted octanol–water partition coefficient (Wildman–Crippen LogP) is 2.24. The number of carbonyl (C=O) groups is 2. The van der Waals surface area contributed by atoms with Gasteiger partial charge in [0.15, 0.2) is 0 Å². The van der Waals surface area contributed by atoms with Crippen LogP contribution in [-0.4, -0.2) is 23.3 Å². The minimum Gasteiger partial charge on any atom is -0.481 e. The van der Waals surface area contributed by atoms with Gasteiger partial charge in [-0.15, -0.1) is 13.2 Å². The molecule has 0 aliphatic heterocycles. The topological polar surface area (TPSA) is 75.6 Å². The van der Waals surface area contributed by atoms with Crippen LogP contribution >= 0.6 is 0 Å². The van der Waals surface area contributed by atoms with E-state index in [0.717, 1.165) is 12.1 Å². The van der Waals surface area contributed by atoms with Crippen molar-refractivity contribution in [3.63, 3.8) is 0 Å². The molecule has 20 heavy (non-hydrogen) atoms. The summed E-state index contributed by atoms with van der Waals surface area (Å²) in [7, 11) is 0. The average Bonchev–Trinajstić information content (AvgIpc) is 2.25. The van der Waals surface area contributed by atoms with Crippen molar-refractivity contribution in [2.75, 3.05) is 0 Å². The summed E-state index contributed by atoms with van der Waals surface area (Å²) in [4.78, 5) is 21.7. The molecular weight excluding hydrogens is 279 g/mol. The number of ether oxygens (including phenoxy) is 1. The van der Waals surface area contributed by atoms with Crippen molar-refractivity contribution in [1.29, 1.82) is 0 Å². The van der Waals surface area contributed by atoms with Crippen LogP contribution in [-0.2, 0) is 9.59 Å². The maximum atomic E-state index is 12.0. The van der Waals surface area contributed by atoms with Crippen LogP contribution in [0.3, 0.4) is 0 Å². The van der Waals surface area contributed by atoms with Gasteiger partial charge in [0.05, 0.1) is 12.5 Å². The standard InChI is InChI=1S/C12H12F3NO4/c1-7(17)16-10(6-11(18)19)8-2-4-9(5-3-8)20-12(13,14)15/h2-5,10H,6H2,1H3,(H,16,17)(H,18,19)/t10-/m1/s1. The summed E-state index contributed by atoms with van der Waals surface area (Å²) in [6, 6.07) is 3.83. The highest BCUT2D eigenvalue weighted by atomic mass is 19.4. The van der Waals surface area contributed by atoms with Crippen molar-refractivity contribution in [3.05, 3.63) is 29.8 Å². The third-order valence-corrected chi connectivity index (χ3v) is 2.27. The van der Waals surface area contributed by atoms with Crippen LogP contribution in [0.1, 0.15) is 24.9 Å². The molecule has 1 amide bonds. The number of hydrogen-bond acceptors (Lipinski definition) is 3. The molecule has 0 spiro atoms. The minimum absolute atomic E-state index is 0.372. The Morgan fingerprint density at radius 3 is 2.25 bits per heavy atom. The average molecular weight is 291 g/mol. The number of hydrogen-bond donors (Lipinski definition) is 2. The van der Waals surface area contributed by atoms with Crippen molar-refractivity contribution in [1.82, 2.24) is 5.32 Å². The third kappa shape index (κ3) is 5.59. The van der Waals surface area contributed by atoms with Gasteiger partial charge < -0.3 is 15.2 Å². The number of benzene rings is 1. The second-order valence-corrected chi connectivity index (χ2v) is 3.97. The summed E-state index contributed by atoms with van der Waals surface area (Å²) in [6.07, 6.45) is -5.17. The highest BCUT2D eigenvalue weighted by molar-refractivity contribution is 5.75. The summed E-state index contributed by atoms with van der Waals surface area (Å²) in [5, 5.41) is 11.2. The number of rotatable bonds is 5. The Bertz CT molecular complexity index is 468. The number of nitrogens with one attached hydrogen (secondary N) is 1. The van der Waals surface area contributed by atoms with Crippen molar-refractivity contribution in [2.45, 2.75) is 25.7 Å². The maximum Gasteiger partial charge on any atom is 0.573 e. The summed E-state index contributed by atoms with van der Waals surface area (Å²) < 4.78 is 39.7. The zero-order chi connectivity index (χ0) is 15.3. The fraction of sp³-hybridized carbons (Fsp3) is 0.333. The van der Waals surface area contributed by atoms with E-state index in [1.54, 1.807) is 0 Å². The van der Waals surface area contributed by atoms with Crippen LogP contribution in [0.25, 0.3) is 0 Å². The largest absolute Gasteiger partial charge is 0.573 e. The second kappa shape index (κ2) is 6.27. The smallest absolute Gasteiger partial charge is 0.481 e. The van der Waals surface area contributed by atoms with Gasteiger partial charge in [0.25, 0.3) is 0 Å². The lowest BCUT2D eigenvalue weighted by atomic mass is 10.0. The molecule has 1 aromatic carbocycles. The van der Waals surface area contributed by atoms with Crippen LogP contribution < -0.4 is 10.1 Å². The molecule has 0 aliphatic carbocycles. The van der Waals surface area contributed by atoms with E-state index in [1.165, 1.54) is 19.1 Å². The Morgan fingerprint density at radius 2 is 1.85 bits per heavy atom. The van der Waals surface area contributed by atoms with Gasteiger partial charge in [0, 0.05) is 6.92 Å². The van der Waals surface area contributed by atoms with Crippen LogP contribution in [0, 0.1) is 0 Å². The molecule has 2 N–H and O–H groups in total. The van der Waals surface area contributed by atoms with Crippen molar-refractivity contribution < 1.29 is 32.6 Å². The predicted molar refractivity (Wildman–Crippen MR) is 61.9 cm³/mol. The molecule has 0 saturated carbocycles. The molecule has 5 nitrogen and oxygen atoms in total. The van der Waals surface area contributed by atoms with E-state index in [2.05, 4.69) is 10.1 Å². The maximum absolute atomic E-state index is 12.0. The Morgan fingerprint density at radius 1 is 1.30 bits per heavy atom. The zero-order valence-corrected chi connectivity index (χ0v) is 10.4. The first kappa shape index (κ1) is 15.8. The van der Waals surface area contributed by atoms with Crippen LogP contribution in [0.5, 0.6) is 5.75 Å². The minimum atomic E-state index is -4.79. The quantitative estimate of drug-likeness (QED) is 0.872. The molecule has 1 rings (SSSR count). The number of carbonyl (C=O) groups excluding carboxylic acids is 1. The molecule has 110 valence electrons. The van der Waals surface area contributed by atoms with Gasteiger partial charge in [0.2, 0.25) is 5.91 Å². The lowest BCUT2D eigenvalue weighted by molar-refractivity contribution is -0.274. The van der Waals surface area contributed by atoms with Gasteiger partial charge in [-0.05, 0) is 17.7 Å². The van der Waals surface area contributed by atoms with E-state index in [0.29, 0.717) is 5.56 Å². The SMILES string of the molecule is CC(=O)N[C@H](CC(=O)O)c1ccc(OC(F)(F)F)cc1. The van der Waals surface area contributed by atoms with E-state index in [4.69, 9.17) is 5.11 Å². The van der Waals surface area contributed by atoms with E-state index >= 15 is 0 Å². The van der Waals surface area contributed by atoms with E-state index in [-0.39, 0.29) is 6.42 Å². The molecule has 0 saturated heterocycles. The van der Waals surface area contributed by atoms with Crippen molar-refractivity contribution in [3.8, 4) is 5.75 Å². The van der Waals surface area contributed by atoms with Crippen LogP contribution in [0.15, 0.2) is 24.3 Å². The number of carboxylic acid groups (broad SMARTS) is 1. The van der Waals surface area contributed by atoms with Crippen LogP contribution in [0.2, 0.25) is 0 Å². The van der Waals surface area contributed by atoms with Crippen LogP contribution in [0.4, 0.5) is 13.2 Å². The number of halogens is 3. The first-order chi connectivity index (χ1) is 9.17. The molecule has 1 aromatic rings. The van der Waals surface area contributed by atoms with Gasteiger partial charge in [-0.3, -0.25) is 9.59 Å². The Labute approximate surface area is 112 Å². The van der Waals surface area contributed by atoms with Crippen molar-refractivity contribution >= 4 is 11.9 Å². The highest BCUT2D eigenvalue weighted by Gasteiger charge is 2.31. The fourth-order valence-electron chi connectivity index (χ4n) is 1.57. The van der Waals surface area contributed by atoms with Gasteiger partial charge in [0.1, 0.15) is 5.75 Å². The lowest BCUT2D eigenvalue weighted by Crippen LogP contribution is -2.28. The molecule has 0 unspecified atom stereocenters. The Hall–Kier alpha value is -2.25. The monoisotopic (exact) mass is 291 g/mol. The second-order valence-electron chi connectivity index (χ2n) is 3.97. The Kier molecular flexibility index (Phi) is 4.95. The fourth-order valence-corrected chi connectivity index (χ4v) is 1.57. The molecule has 8 heteroatoms. The number of amides is 1. The first-order valence-electron chi connectivity index (χ1n) is 5.52. The van der Waals surface area contributed by atoms with Gasteiger partial charge >= 0.3 is 12.3 Å². The molecule has 0 aliphatic rings. The van der Waals surface area contributed by atoms with E-state index in [9.17, 15) is 22.8 Å². The normalized spacial score (nSPS) is 12.6. The number of alkyl halides is 3. The molecule has 0 aromatic heterocycles. The zero-order valence-electron chi connectivity index (χ0n) is 10.4. The molecule has 1 atom stereocenters. The molecular formula is C12H12F3NO4. The van der Waals surface area contributed by atoms with Gasteiger partial charge in [-0.1, -0.05) is 12.1 Å². The van der Waals surface area contributed by atoms with Gasteiger partial charge in [-0.2, -0.15) is 0 Å². The molecule has 0 heterocycles. The summed E-state index contributed by atoms with van der Waals surface area (Å²) >= 11 is 0. The number of aliphatic carboxylic acids is 1. The molecule has 0 radical (unpaired) electrons. The first-order valence-corrected chi connectivity index (χ1v) is 5.52. The molecule has 0 bridgehead atoms. The summed E-state index contributed by atoms with van der Waals surface area (Å²) in [6.45, 7) is 1.22. The van der Waals surface area contributed by atoms with E-state index < -0.39 is 30.0 Å². The lowest BCUT2D eigenvalue weighted by Gasteiger charge is -2.17. The number of carboxylic acids is 1. The highest BCUT2D eigenvalue weighted by Crippen LogP contribution is 2.25. The van der Waals surface area contributed by atoms with Crippen molar-refractivity contribution in [2.24, 2.45) is 0 Å². The Balaban J connectivity index is 2.86. The van der Waals surface area contributed by atoms with Gasteiger partial charge in [-0.25, -0.2) is 0 Å². The summed E-state index contributed by atoms with van der Waals surface area (Å²) in [5.74, 6) is -2.00.